The van der Waals surface area contributed by atoms with Gasteiger partial charge < -0.3 is 15.2 Å². The number of fused-ring (bicyclic) bond motifs is 1. The lowest BCUT2D eigenvalue weighted by Crippen LogP contribution is -2.36. The van der Waals surface area contributed by atoms with Crippen LogP contribution in [0.3, 0.4) is 0 Å². The van der Waals surface area contributed by atoms with E-state index < -0.39 is 11.8 Å². The minimum absolute atomic E-state index is 0.122. The summed E-state index contributed by atoms with van der Waals surface area (Å²) in [4.78, 5) is 39.0. The van der Waals surface area contributed by atoms with E-state index in [1.807, 2.05) is 0 Å². The molecule has 0 aromatic heterocycles. The molecule has 0 spiro atoms. The number of benzene rings is 2. The molecule has 3 amide bonds. The van der Waals surface area contributed by atoms with Gasteiger partial charge in [-0.2, -0.15) is 0 Å². The minimum atomic E-state index is -0.398. The number of hydrogen-bond acceptors (Lipinski definition) is 5. The lowest BCUT2D eigenvalue weighted by atomic mass is 10.1. The third-order valence-corrected chi connectivity index (χ3v) is 5.10. The van der Waals surface area contributed by atoms with Crippen molar-refractivity contribution in [2.75, 3.05) is 18.5 Å². The second-order valence-electron chi connectivity index (χ2n) is 7.07. The van der Waals surface area contributed by atoms with Crippen molar-refractivity contribution in [2.24, 2.45) is 0 Å². The van der Waals surface area contributed by atoms with Crippen molar-refractivity contribution >= 4 is 23.4 Å². The number of phenols is 1. The van der Waals surface area contributed by atoms with Gasteiger partial charge in [-0.05, 0) is 61.7 Å². The first kappa shape index (κ1) is 18.2. The van der Waals surface area contributed by atoms with Crippen molar-refractivity contribution in [3.63, 3.8) is 0 Å². The van der Waals surface area contributed by atoms with Crippen molar-refractivity contribution in [3.05, 3.63) is 58.7 Å². The zero-order valence-electron chi connectivity index (χ0n) is 15.4. The Hall–Kier alpha value is -3.19. The molecular formula is C21H20N2O5. The maximum atomic E-state index is 12.7. The number of aryl methyl sites for hydroxylation is 1. The van der Waals surface area contributed by atoms with E-state index >= 15 is 0 Å². The summed E-state index contributed by atoms with van der Waals surface area (Å²) in [6, 6.07) is 9.24. The molecule has 0 saturated carbocycles. The van der Waals surface area contributed by atoms with Gasteiger partial charge in [0.2, 0.25) is 0 Å². The van der Waals surface area contributed by atoms with Crippen molar-refractivity contribution in [1.29, 1.82) is 0 Å². The van der Waals surface area contributed by atoms with Gasteiger partial charge in [-0.3, -0.25) is 19.3 Å². The highest BCUT2D eigenvalue weighted by atomic mass is 16.5. The van der Waals surface area contributed by atoms with Crippen LogP contribution in [0.1, 0.15) is 49.5 Å². The Morgan fingerprint density at radius 1 is 1.18 bits per heavy atom. The monoisotopic (exact) mass is 380 g/mol. The molecule has 0 aliphatic carbocycles. The van der Waals surface area contributed by atoms with Crippen molar-refractivity contribution in [1.82, 2.24) is 4.90 Å². The van der Waals surface area contributed by atoms with E-state index in [-0.39, 0.29) is 35.4 Å². The zero-order valence-corrected chi connectivity index (χ0v) is 15.4. The third kappa shape index (κ3) is 3.25. The smallest absolute Gasteiger partial charge is 0.261 e. The van der Waals surface area contributed by atoms with E-state index in [0.717, 1.165) is 12.8 Å². The van der Waals surface area contributed by atoms with Crippen LogP contribution in [0.4, 0.5) is 5.69 Å². The predicted octanol–water partition coefficient (Wildman–Crippen LogP) is 2.73. The van der Waals surface area contributed by atoms with Crippen LogP contribution >= 0.6 is 0 Å². The fourth-order valence-corrected chi connectivity index (χ4v) is 3.53. The zero-order chi connectivity index (χ0) is 19.8. The highest BCUT2D eigenvalue weighted by Gasteiger charge is 2.37. The topological polar surface area (TPSA) is 95.9 Å². The van der Waals surface area contributed by atoms with Crippen LogP contribution in [0.15, 0.2) is 36.4 Å². The van der Waals surface area contributed by atoms with Crippen molar-refractivity contribution in [3.8, 4) is 5.75 Å². The highest BCUT2D eigenvalue weighted by molar-refractivity contribution is 6.22. The first-order valence-corrected chi connectivity index (χ1v) is 9.17. The molecule has 1 unspecified atom stereocenters. The predicted molar refractivity (Wildman–Crippen MR) is 102 cm³/mol. The van der Waals surface area contributed by atoms with Crippen molar-refractivity contribution < 1.29 is 24.2 Å². The van der Waals surface area contributed by atoms with E-state index in [2.05, 4.69) is 5.32 Å². The summed E-state index contributed by atoms with van der Waals surface area (Å²) in [7, 11) is 0. The molecule has 7 heteroatoms. The minimum Gasteiger partial charge on any atom is -0.508 e. The van der Waals surface area contributed by atoms with Gasteiger partial charge in [0, 0.05) is 17.9 Å². The fraction of sp³-hybridized carbons (Fsp3) is 0.286. The Kier molecular flexibility index (Phi) is 4.60. The summed E-state index contributed by atoms with van der Waals surface area (Å²) in [6.45, 7) is 2.61. The summed E-state index contributed by atoms with van der Waals surface area (Å²) in [6.07, 6.45) is 1.63. The van der Waals surface area contributed by atoms with E-state index in [1.165, 1.54) is 29.2 Å². The largest absolute Gasteiger partial charge is 0.508 e. The van der Waals surface area contributed by atoms with Crippen LogP contribution in [0.5, 0.6) is 5.75 Å². The molecule has 2 aromatic carbocycles. The normalized spacial score (nSPS) is 18.5. The SMILES string of the molecule is Cc1cc(NC(=O)c2ccc3c(c2)C(=O)N(CC2CCCO2)C3=O)ccc1O. The molecule has 0 radical (unpaired) electrons. The lowest BCUT2D eigenvalue weighted by Gasteiger charge is -2.17. The number of phenolic OH excluding ortho intramolecular Hbond substituents is 1. The Balaban J connectivity index is 1.53. The molecular weight excluding hydrogens is 360 g/mol. The quantitative estimate of drug-likeness (QED) is 0.628. The average molecular weight is 380 g/mol. The number of rotatable bonds is 4. The van der Waals surface area contributed by atoms with Gasteiger partial charge in [0.25, 0.3) is 17.7 Å². The molecule has 4 rings (SSSR count). The summed E-state index contributed by atoms with van der Waals surface area (Å²) >= 11 is 0. The van der Waals surface area contributed by atoms with Crippen LogP contribution in [-0.2, 0) is 4.74 Å². The fourth-order valence-electron chi connectivity index (χ4n) is 3.53. The van der Waals surface area contributed by atoms with Crippen LogP contribution < -0.4 is 5.32 Å². The van der Waals surface area contributed by atoms with Crippen LogP contribution in [0.2, 0.25) is 0 Å². The number of nitrogens with one attached hydrogen (secondary N) is 1. The first-order chi connectivity index (χ1) is 13.4. The Morgan fingerprint density at radius 3 is 2.68 bits per heavy atom. The van der Waals surface area contributed by atoms with E-state index in [4.69, 9.17) is 4.74 Å². The van der Waals surface area contributed by atoms with Gasteiger partial charge in [-0.1, -0.05) is 0 Å². The molecule has 1 saturated heterocycles. The standard InChI is InChI=1S/C21H20N2O5/c1-12-9-14(5-7-18(12)24)22-19(25)13-4-6-16-17(10-13)21(27)23(20(16)26)11-15-3-2-8-28-15/h4-7,9-10,15,24H,2-3,8,11H2,1H3,(H,22,25). The molecule has 7 nitrogen and oxygen atoms in total. The highest BCUT2D eigenvalue weighted by Crippen LogP contribution is 2.27. The van der Waals surface area contributed by atoms with Gasteiger partial charge in [0.15, 0.2) is 0 Å². The van der Waals surface area contributed by atoms with Crippen LogP contribution in [0.25, 0.3) is 0 Å². The number of carbonyl (C=O) groups excluding carboxylic acids is 3. The van der Waals surface area contributed by atoms with Crippen LogP contribution in [-0.4, -0.2) is 47.0 Å². The maximum absolute atomic E-state index is 12.7. The molecule has 1 fully saturated rings. The van der Waals surface area contributed by atoms with E-state index in [0.29, 0.717) is 23.4 Å². The van der Waals surface area contributed by atoms with Gasteiger partial charge in [-0.25, -0.2) is 0 Å². The number of imide groups is 1. The molecule has 2 heterocycles. The molecule has 144 valence electrons. The molecule has 28 heavy (non-hydrogen) atoms. The number of anilines is 1. The first-order valence-electron chi connectivity index (χ1n) is 9.17. The van der Waals surface area contributed by atoms with E-state index in [1.54, 1.807) is 19.1 Å². The van der Waals surface area contributed by atoms with Gasteiger partial charge in [0.1, 0.15) is 5.75 Å². The third-order valence-electron chi connectivity index (χ3n) is 5.10. The molecule has 2 aliphatic heterocycles. The van der Waals surface area contributed by atoms with Crippen molar-refractivity contribution in [2.45, 2.75) is 25.9 Å². The Labute approximate surface area is 161 Å². The second-order valence-corrected chi connectivity index (χ2v) is 7.07. The number of hydrogen-bond donors (Lipinski definition) is 2. The lowest BCUT2D eigenvalue weighted by molar-refractivity contribution is 0.0475. The number of amides is 3. The van der Waals surface area contributed by atoms with Crippen LogP contribution in [0, 0.1) is 6.92 Å². The number of aromatic hydroxyl groups is 1. The Bertz CT molecular complexity index is 979. The number of ether oxygens (including phenoxy) is 1. The molecule has 2 N–H and O–H groups in total. The molecule has 1 atom stereocenters. The van der Waals surface area contributed by atoms with Gasteiger partial charge in [0.05, 0.1) is 23.8 Å². The second kappa shape index (κ2) is 7.09. The van der Waals surface area contributed by atoms with Gasteiger partial charge >= 0.3 is 0 Å². The van der Waals surface area contributed by atoms with Gasteiger partial charge in [-0.15, -0.1) is 0 Å². The average Bonchev–Trinajstić information content (AvgIpc) is 3.28. The molecule has 2 aliphatic rings. The summed E-state index contributed by atoms with van der Waals surface area (Å²) < 4.78 is 5.53. The summed E-state index contributed by atoms with van der Waals surface area (Å²) in [5, 5.41) is 12.3. The molecule has 2 aromatic rings. The molecule has 0 bridgehead atoms. The number of carbonyl (C=O) groups is 3. The maximum Gasteiger partial charge on any atom is 0.261 e. The summed E-state index contributed by atoms with van der Waals surface area (Å²) in [5.74, 6) is -1.00. The number of nitrogens with zero attached hydrogens (tertiary/aromatic N) is 1. The Morgan fingerprint density at radius 2 is 1.96 bits per heavy atom. The van der Waals surface area contributed by atoms with E-state index in [9.17, 15) is 19.5 Å². The summed E-state index contributed by atoms with van der Waals surface area (Å²) in [5.41, 5.74) is 1.99.